The molecule has 0 saturated carbocycles. The van der Waals surface area contributed by atoms with Gasteiger partial charge in [-0.3, -0.25) is 43.5 Å². The van der Waals surface area contributed by atoms with Gasteiger partial charge in [-0.2, -0.15) is 0 Å². The van der Waals surface area contributed by atoms with E-state index >= 15 is 0 Å². The maximum absolute atomic E-state index is 14.4. The predicted molar refractivity (Wildman–Crippen MR) is 284 cm³/mol. The van der Waals surface area contributed by atoms with Gasteiger partial charge in [-0.25, -0.2) is 9.59 Å². The fourth-order valence-corrected chi connectivity index (χ4v) is 7.90. The zero-order valence-electron chi connectivity index (χ0n) is 44.5. The van der Waals surface area contributed by atoms with Gasteiger partial charge in [-0.05, 0) is 63.4 Å². The third kappa shape index (κ3) is 23.2. The Balaban J connectivity index is 2.75. The van der Waals surface area contributed by atoms with E-state index in [0.717, 1.165) is 10.5 Å². The van der Waals surface area contributed by atoms with Gasteiger partial charge in [-0.1, -0.05) is 88.4 Å². The summed E-state index contributed by atoms with van der Waals surface area (Å²) in [5, 5.41) is 35.6. The van der Waals surface area contributed by atoms with Crippen molar-refractivity contribution in [3.05, 3.63) is 72.0 Å². The number of guanidine groups is 2. The van der Waals surface area contributed by atoms with E-state index in [9.17, 15) is 53.4 Å². The summed E-state index contributed by atoms with van der Waals surface area (Å²) in [6.07, 6.45) is 3.54. The van der Waals surface area contributed by atoms with Gasteiger partial charge in [0.25, 0.3) is 5.91 Å². The second kappa shape index (κ2) is 32.5. The highest BCUT2D eigenvalue weighted by molar-refractivity contribution is 6.00. The molecule has 1 heterocycles. The number of ether oxygens (including phenoxy) is 1. The van der Waals surface area contributed by atoms with Crippen LogP contribution in [-0.4, -0.2) is 150 Å². The molecule has 25 nitrogen and oxygen atoms in total. The summed E-state index contributed by atoms with van der Waals surface area (Å²) >= 11 is 0. The maximum Gasteiger partial charge on any atom is 0.326 e. The molecule has 76 heavy (non-hydrogen) atoms. The van der Waals surface area contributed by atoms with Crippen molar-refractivity contribution >= 4 is 65.2 Å². The van der Waals surface area contributed by atoms with E-state index in [-0.39, 0.29) is 75.1 Å². The highest BCUT2D eigenvalue weighted by atomic mass is 16.5. The standard InChI is InChI=1S/C51H79N13O12/c1-28(2)24-38-47(71)60-36(17-13-23-57-51(54)55)46(70)63-39(49(74)75)27-41(65)58-35(16-12-22-56-50(52)53)45(69)59-34(19-18-29(3)25-30(4)40(76-8)26-33-14-10-9-11-15-33)31(5)43(67)61-37(48(72)73)20-21-42(66)64(7)32(6)44(68)62-38/h9-11,14-15,18-19,25,28,30-31,34-40H,6,12-13,16-17,20-24,26-27H2,1-5,7-8H3,(H,58,65)(H,59,69)(H,60,71)(H,61,67)(H,62,68)(H,63,70)(H,72,73)(H,74,75)(H4,52,53,56)(H4,54,55,57)/b19-18+,29-25+/t30-,31-,34-,35-,36-,37+,38+,39+,40-/m0/s1. The molecule has 7 amide bonds. The molecule has 0 radical (unpaired) electrons. The lowest BCUT2D eigenvalue weighted by Crippen LogP contribution is -2.57. The highest BCUT2D eigenvalue weighted by Crippen LogP contribution is 2.19. The number of nitrogens with one attached hydrogen (secondary N) is 6. The lowest BCUT2D eigenvalue weighted by Gasteiger charge is -2.27. The molecule has 16 N–H and O–H groups in total. The molecular weight excluding hydrogens is 987 g/mol. The van der Waals surface area contributed by atoms with E-state index in [1.165, 1.54) is 20.0 Å². The number of carboxylic acids is 2. The molecule has 1 aliphatic heterocycles. The number of methoxy groups -OCH3 is 1. The minimum atomic E-state index is -1.92. The van der Waals surface area contributed by atoms with Crippen molar-refractivity contribution in [2.45, 2.75) is 135 Å². The molecule has 0 bridgehead atoms. The lowest BCUT2D eigenvalue weighted by atomic mass is 9.94. The van der Waals surface area contributed by atoms with Crippen molar-refractivity contribution < 1.29 is 58.1 Å². The highest BCUT2D eigenvalue weighted by Gasteiger charge is 2.35. The number of aliphatic carboxylic acids is 2. The smallest absolute Gasteiger partial charge is 0.326 e. The van der Waals surface area contributed by atoms with Gasteiger partial charge in [-0.15, -0.1) is 0 Å². The van der Waals surface area contributed by atoms with Crippen LogP contribution in [0.15, 0.2) is 76.4 Å². The topological polar surface area (TPSA) is 408 Å². The SMILES string of the molecule is C=C1C(=O)N[C@H](CC(C)C)C(=O)N[C@@H](CCCN=C(N)N)C(=O)N[C@@H](C(=O)O)CC(=O)N[C@@H](CCCN=C(N)N)C(=O)N[C@@H](/C=C/C(C)=C/[C@H](C)[C@H](Cc2ccccc2)OC)[C@H](C)C(=O)N[C@@H](C(=O)O)CCC(=O)N1C. The Morgan fingerprint density at radius 2 is 1.33 bits per heavy atom. The molecule has 1 aromatic carbocycles. The average Bonchev–Trinajstić information content (AvgIpc) is 3.35. The van der Waals surface area contributed by atoms with Crippen LogP contribution in [-0.2, 0) is 54.3 Å². The predicted octanol–water partition coefficient (Wildman–Crippen LogP) is -0.594. The number of carboxylic acid groups (broad SMARTS) is 2. The number of hydrogen-bond donors (Lipinski definition) is 12. The number of carbonyl (C=O) groups is 9. The van der Waals surface area contributed by atoms with Gasteiger partial charge in [0.1, 0.15) is 35.9 Å². The van der Waals surface area contributed by atoms with Crippen LogP contribution in [0.4, 0.5) is 0 Å². The van der Waals surface area contributed by atoms with Crippen molar-refractivity contribution in [3.63, 3.8) is 0 Å². The Kier molecular flexibility index (Phi) is 27.5. The minimum Gasteiger partial charge on any atom is -0.480 e. The Morgan fingerprint density at radius 3 is 1.87 bits per heavy atom. The van der Waals surface area contributed by atoms with Crippen LogP contribution in [0.5, 0.6) is 0 Å². The average molecular weight is 1070 g/mol. The third-order valence-electron chi connectivity index (χ3n) is 12.3. The normalized spacial score (nSPS) is 23.3. The third-order valence-corrected chi connectivity index (χ3v) is 12.3. The summed E-state index contributed by atoms with van der Waals surface area (Å²) in [5.74, 6) is -11.6. The second-order valence-electron chi connectivity index (χ2n) is 19.1. The lowest BCUT2D eigenvalue weighted by molar-refractivity contribution is -0.144. The van der Waals surface area contributed by atoms with Gasteiger partial charge in [0, 0.05) is 39.6 Å². The number of rotatable bonds is 19. The number of benzene rings is 1. The zero-order valence-corrected chi connectivity index (χ0v) is 44.5. The van der Waals surface area contributed by atoms with E-state index in [4.69, 9.17) is 27.7 Å². The van der Waals surface area contributed by atoms with Crippen molar-refractivity contribution in [3.8, 4) is 0 Å². The van der Waals surface area contributed by atoms with Crippen molar-refractivity contribution in [2.75, 3.05) is 27.2 Å². The first-order chi connectivity index (χ1) is 35.7. The number of hydrogen-bond acceptors (Lipinski definition) is 12. The van der Waals surface area contributed by atoms with Crippen LogP contribution in [0.25, 0.3) is 0 Å². The fourth-order valence-electron chi connectivity index (χ4n) is 7.90. The van der Waals surface area contributed by atoms with E-state index in [1.54, 1.807) is 34.0 Å². The van der Waals surface area contributed by atoms with Crippen molar-refractivity contribution in [1.29, 1.82) is 0 Å². The van der Waals surface area contributed by atoms with E-state index in [2.05, 4.69) is 48.5 Å². The van der Waals surface area contributed by atoms with Gasteiger partial charge in [0.05, 0.1) is 24.5 Å². The van der Waals surface area contributed by atoms with E-state index in [1.807, 2.05) is 43.3 Å². The Hall–Kier alpha value is -7.83. The molecule has 1 saturated heterocycles. The number of allylic oxidation sites excluding steroid dienone is 2. The summed E-state index contributed by atoms with van der Waals surface area (Å²) in [6, 6.07) is 0.735. The first-order valence-electron chi connectivity index (χ1n) is 25.0. The molecule has 0 aliphatic carbocycles. The van der Waals surface area contributed by atoms with Crippen LogP contribution in [0.2, 0.25) is 0 Å². The quantitative estimate of drug-likeness (QED) is 0.0271. The van der Waals surface area contributed by atoms with Gasteiger partial charge in [0.15, 0.2) is 11.9 Å². The summed E-state index contributed by atoms with van der Waals surface area (Å²) < 4.78 is 5.82. The Labute approximate surface area is 443 Å². The molecule has 1 aromatic rings. The number of likely N-dealkylation sites (N-methyl/N-ethyl adjacent to an activating group) is 1. The van der Waals surface area contributed by atoms with E-state index < -0.39 is 120 Å². The number of nitrogens with two attached hydrogens (primary N) is 4. The van der Waals surface area contributed by atoms with Crippen molar-refractivity contribution in [1.82, 2.24) is 36.8 Å². The molecular formula is C51H79N13O12. The maximum atomic E-state index is 14.4. The Bertz CT molecular complexity index is 2310. The molecule has 420 valence electrons. The second-order valence-corrected chi connectivity index (χ2v) is 19.1. The van der Waals surface area contributed by atoms with Gasteiger partial charge >= 0.3 is 11.9 Å². The van der Waals surface area contributed by atoms with Crippen LogP contribution < -0.4 is 54.8 Å². The first kappa shape index (κ1) is 64.3. The molecule has 0 spiro atoms. The largest absolute Gasteiger partial charge is 0.480 e. The van der Waals surface area contributed by atoms with E-state index in [0.29, 0.717) is 12.0 Å². The number of aliphatic imine (C=N–C) groups is 2. The molecule has 25 heteroatoms. The van der Waals surface area contributed by atoms with Crippen LogP contribution in [0.1, 0.15) is 91.5 Å². The van der Waals surface area contributed by atoms with Gasteiger partial charge < -0.3 is 74.7 Å². The fraction of sp³-hybridized carbons (Fsp3) is 0.549. The molecule has 0 aromatic heterocycles. The monoisotopic (exact) mass is 1070 g/mol. The molecule has 1 aliphatic rings. The number of carbonyl (C=O) groups excluding carboxylic acids is 7. The van der Waals surface area contributed by atoms with Crippen LogP contribution in [0.3, 0.4) is 0 Å². The molecule has 9 atom stereocenters. The number of nitrogens with zero attached hydrogens (tertiary/aromatic N) is 3. The molecule has 1 fully saturated rings. The Morgan fingerprint density at radius 1 is 0.789 bits per heavy atom. The number of amides is 7. The zero-order chi connectivity index (χ0) is 57.2. The molecule has 2 rings (SSSR count). The summed E-state index contributed by atoms with van der Waals surface area (Å²) in [6.45, 7) is 12.4. The summed E-state index contributed by atoms with van der Waals surface area (Å²) in [4.78, 5) is 131. The van der Waals surface area contributed by atoms with Crippen LogP contribution in [0, 0.1) is 17.8 Å². The summed E-state index contributed by atoms with van der Waals surface area (Å²) in [7, 11) is 2.82. The van der Waals surface area contributed by atoms with Crippen LogP contribution >= 0.6 is 0 Å². The van der Waals surface area contributed by atoms with Crippen molar-refractivity contribution in [2.24, 2.45) is 50.7 Å². The minimum absolute atomic E-state index is 0.00188. The summed E-state index contributed by atoms with van der Waals surface area (Å²) in [5.41, 5.74) is 23.3. The first-order valence-corrected chi connectivity index (χ1v) is 25.0. The molecule has 0 unspecified atom stereocenters. The van der Waals surface area contributed by atoms with Gasteiger partial charge in [0.2, 0.25) is 35.4 Å².